The summed E-state index contributed by atoms with van der Waals surface area (Å²) in [4.78, 5) is 111. The maximum atomic E-state index is 13.6. The number of aliphatic hydroxyl groups is 3. The Kier molecular flexibility index (Phi) is 16.7. The van der Waals surface area contributed by atoms with E-state index >= 15 is 0 Å². The number of nitrogens with one attached hydrogen (secondary N) is 3. The average molecular weight is 1210 g/mol. The number of nitrogens with zero attached hydrogens (tertiary/aromatic N) is 10. The highest BCUT2D eigenvalue weighted by Gasteiger charge is 2.53. The summed E-state index contributed by atoms with van der Waals surface area (Å²) in [6.07, 6.45) is -13.5. The number of anilines is 3. The Bertz CT molecular complexity index is 3640. The number of nitrogens with two attached hydrogens (primary N) is 3. The van der Waals surface area contributed by atoms with Gasteiger partial charge in [-0.3, -0.25) is 51.7 Å². The number of rotatable bonds is 22. The highest BCUT2D eigenvalue weighted by atomic mass is 31.3. The van der Waals surface area contributed by atoms with Crippen molar-refractivity contribution in [2.24, 2.45) is 13.0 Å². The molecular weight excluding hydrogens is 1160 g/mol. The van der Waals surface area contributed by atoms with Crippen LogP contribution >= 0.6 is 31.3 Å². The number of nitrogen functional groups attached to an aromatic ring is 3. The molecule has 15 N–H and O–H groups in total. The van der Waals surface area contributed by atoms with E-state index in [0.29, 0.717) is 0 Å². The number of phosphoric ester groups is 3. The third-order valence-corrected chi connectivity index (χ3v) is 17.8. The zero-order valence-corrected chi connectivity index (χ0v) is 44.9. The van der Waals surface area contributed by atoms with E-state index in [2.05, 4.69) is 53.8 Å². The number of imidazole rings is 3. The number of carbonyl (C=O) groups excluding carboxylic acids is 1. The average Bonchev–Trinajstić information content (AvgIpc) is 4.43. The maximum absolute atomic E-state index is 13.6. The molecule has 1 amide bonds. The molecule has 438 valence electrons. The number of aliphatic hydroxyl groups excluding tert-OH is 3. The van der Waals surface area contributed by atoms with Gasteiger partial charge in [-0.2, -0.15) is 13.6 Å². The molecule has 0 saturated carbocycles. The Balaban J connectivity index is 0.874. The third kappa shape index (κ3) is 12.3. The fourth-order valence-corrected chi connectivity index (χ4v) is 13.6. The number of carbonyl (C=O) groups is 1. The number of H-pyrrole nitrogens is 2. The van der Waals surface area contributed by atoms with Crippen LogP contribution in [0.25, 0.3) is 33.5 Å². The second-order valence-corrected chi connectivity index (χ2v) is 23.9. The minimum atomic E-state index is -6.23. The molecule has 3 fully saturated rings. The summed E-state index contributed by atoms with van der Waals surface area (Å²) < 4.78 is 110. The van der Waals surface area contributed by atoms with E-state index < -0.39 is 142 Å². The number of hydrogen-bond acceptors (Lipinski definition) is 30. The molecule has 0 radical (unpaired) electrons. The van der Waals surface area contributed by atoms with Crippen LogP contribution in [0.2, 0.25) is 0 Å². The molecule has 3 saturated heterocycles. The first kappa shape index (κ1) is 59.0. The van der Waals surface area contributed by atoms with Crippen LogP contribution < -0.4 is 43.1 Å². The molecule has 3 aliphatic rings. The van der Waals surface area contributed by atoms with Crippen LogP contribution in [0, 0.1) is 5.92 Å². The van der Waals surface area contributed by atoms with Crippen molar-refractivity contribution < 1.29 is 108 Å². The molecule has 0 bridgehead atoms. The van der Waals surface area contributed by atoms with Crippen LogP contribution in [0.3, 0.4) is 0 Å². The molecule has 6 aromatic heterocycles. The SMILES string of the molecule is CO[C@@H]1[C@H](OP(=O)([O-])OC[C@H]2O[C@@H](n3cnc4c(=O)[nH]c(N)nc43)[C@H](O)[C@@H]2O)C(COP(=O)(O)OP(=O)(O)OP(=O)(O)OC[C@H]2O[C@@H]([n+]3cn(C)c4c(=O)[nH]c(N)nc43)[C@H](O)[C@@H]2CCNC(C)=O)O[C@H]1n1cnc2c(N)ncnc21. The first-order chi connectivity index (χ1) is 37.6. The quantitative estimate of drug-likeness (QED) is 0.0225. The molecule has 9 heterocycles. The first-order valence-corrected chi connectivity index (χ1v) is 29.0. The van der Waals surface area contributed by atoms with E-state index in [-0.39, 0.29) is 64.2 Å². The van der Waals surface area contributed by atoms with Crippen LogP contribution in [-0.2, 0) is 75.8 Å². The summed E-state index contributed by atoms with van der Waals surface area (Å²) in [5.74, 6) is -2.20. The zero-order valence-electron chi connectivity index (χ0n) is 41.3. The highest BCUT2D eigenvalue weighted by Crippen LogP contribution is 2.68. The number of amides is 1. The van der Waals surface area contributed by atoms with Gasteiger partial charge in [0, 0.05) is 26.5 Å². The van der Waals surface area contributed by atoms with Crippen molar-refractivity contribution in [3.05, 3.63) is 46.0 Å². The van der Waals surface area contributed by atoms with Crippen molar-refractivity contribution in [1.29, 1.82) is 0 Å². The monoisotopic (exact) mass is 1210 g/mol. The topological polar surface area (TPSA) is 574 Å². The smallest absolute Gasteiger partial charge is 0.490 e. The Morgan fingerprint density at radius 2 is 1.39 bits per heavy atom. The second kappa shape index (κ2) is 22.6. The summed E-state index contributed by atoms with van der Waals surface area (Å²) in [5, 5.41) is 35.7. The minimum Gasteiger partial charge on any atom is -0.756 e. The fourth-order valence-electron chi connectivity index (χ4n) is 9.14. The number of ether oxygens (including phenoxy) is 4. The highest BCUT2D eigenvalue weighted by molar-refractivity contribution is 7.66. The molecule has 0 spiro atoms. The van der Waals surface area contributed by atoms with Gasteiger partial charge in [0.25, 0.3) is 24.9 Å². The van der Waals surface area contributed by atoms with Gasteiger partial charge in [-0.15, -0.1) is 0 Å². The van der Waals surface area contributed by atoms with Crippen molar-refractivity contribution in [1.82, 2.24) is 58.9 Å². The van der Waals surface area contributed by atoms with Crippen molar-refractivity contribution in [2.75, 3.05) is 50.7 Å². The summed E-state index contributed by atoms with van der Waals surface area (Å²) in [5.41, 5.74) is 15.6. The Hall–Kier alpha value is -5.64. The maximum Gasteiger partial charge on any atom is 0.490 e. The number of phosphoric acid groups is 4. The van der Waals surface area contributed by atoms with Crippen LogP contribution in [-0.4, -0.2) is 172 Å². The minimum absolute atomic E-state index is 0.00864. The normalized spacial score (nSPS) is 29.2. The molecular formula is C36H50N16O24P4. The van der Waals surface area contributed by atoms with E-state index in [0.717, 1.165) is 30.7 Å². The Morgan fingerprint density at radius 1 is 0.775 bits per heavy atom. The van der Waals surface area contributed by atoms with Crippen LogP contribution in [0.15, 0.2) is 34.9 Å². The van der Waals surface area contributed by atoms with Gasteiger partial charge >= 0.3 is 29.1 Å². The number of fused-ring (bicyclic) bond motifs is 3. The molecule has 0 aliphatic carbocycles. The molecule has 44 heteroatoms. The van der Waals surface area contributed by atoms with Crippen LogP contribution in [0.4, 0.5) is 17.7 Å². The van der Waals surface area contributed by atoms with Gasteiger partial charge in [-0.05, 0) is 6.42 Å². The molecule has 6 aromatic rings. The van der Waals surface area contributed by atoms with Gasteiger partial charge in [-0.25, -0.2) is 38.2 Å². The largest absolute Gasteiger partial charge is 0.756 e. The molecule has 3 aliphatic heterocycles. The van der Waals surface area contributed by atoms with Gasteiger partial charge in [0.1, 0.15) is 54.6 Å². The van der Waals surface area contributed by atoms with Gasteiger partial charge in [-0.1, -0.05) is 4.98 Å². The van der Waals surface area contributed by atoms with Crippen molar-refractivity contribution in [3.8, 4) is 0 Å². The van der Waals surface area contributed by atoms with Crippen LogP contribution in [0.5, 0.6) is 0 Å². The summed E-state index contributed by atoms with van der Waals surface area (Å²) in [6.45, 7) is -2.18. The number of aromatic nitrogens is 12. The first-order valence-electron chi connectivity index (χ1n) is 23.1. The lowest BCUT2D eigenvalue weighted by Gasteiger charge is -2.31. The van der Waals surface area contributed by atoms with Crippen LogP contribution in [0.1, 0.15) is 32.0 Å². The van der Waals surface area contributed by atoms with Gasteiger partial charge < -0.3 is 85.4 Å². The predicted molar refractivity (Wildman–Crippen MR) is 258 cm³/mol. The summed E-state index contributed by atoms with van der Waals surface area (Å²) in [7, 11) is -21.2. The zero-order chi connectivity index (χ0) is 58.0. The van der Waals surface area contributed by atoms with Gasteiger partial charge in [0.05, 0.1) is 45.6 Å². The lowest BCUT2D eigenvalue weighted by Crippen LogP contribution is -2.45. The molecule has 16 atom stereocenters. The molecule has 0 aromatic carbocycles. The van der Waals surface area contributed by atoms with E-state index in [9.17, 15) is 67.5 Å². The molecule has 9 rings (SSSR count). The summed E-state index contributed by atoms with van der Waals surface area (Å²) in [6, 6.07) is 0. The predicted octanol–water partition coefficient (Wildman–Crippen LogP) is -4.56. The molecule has 80 heavy (non-hydrogen) atoms. The van der Waals surface area contributed by atoms with Crippen molar-refractivity contribution >= 4 is 88.4 Å². The van der Waals surface area contributed by atoms with E-state index in [1.54, 1.807) is 0 Å². The third-order valence-electron chi connectivity index (χ3n) is 12.6. The molecule has 40 nitrogen and oxygen atoms in total. The molecule has 5 unspecified atom stereocenters. The summed E-state index contributed by atoms with van der Waals surface area (Å²) >= 11 is 0. The van der Waals surface area contributed by atoms with Crippen molar-refractivity contribution in [3.63, 3.8) is 0 Å². The van der Waals surface area contributed by atoms with Gasteiger partial charge in [0.2, 0.25) is 23.6 Å². The van der Waals surface area contributed by atoms with E-state index in [4.69, 9.17) is 54.2 Å². The fraction of sp³-hybridized carbons (Fsp3) is 0.556. The van der Waals surface area contributed by atoms with Crippen molar-refractivity contribution in [2.45, 2.75) is 80.9 Å². The number of aryl methyl sites for hydroxylation is 1. The van der Waals surface area contributed by atoms with Gasteiger partial charge in [0.15, 0.2) is 41.4 Å². The Labute approximate surface area is 445 Å². The lowest BCUT2D eigenvalue weighted by molar-refractivity contribution is -0.745. The number of aromatic amines is 2. The number of hydrogen-bond donors (Lipinski definition) is 12. The van der Waals surface area contributed by atoms with E-state index in [1.165, 1.54) is 34.0 Å². The lowest BCUT2D eigenvalue weighted by atomic mass is 9.94. The second-order valence-electron chi connectivity index (χ2n) is 17.9. The van der Waals surface area contributed by atoms with E-state index in [1.807, 2.05) is 0 Å². The Morgan fingerprint density at radius 3 is 2.06 bits per heavy atom. The number of methoxy groups -OCH3 is 1. The standard InChI is InChI=1S/C36H50N16O24P4/c1-13(53)40-5-4-14-15(71-32(21(14)54)52-12-49(2)20-29(52)46-36(39)48-31(20)58)6-69-78(61,62)75-80(65,66)76-79(63,64)70-8-17-24(25(67-3)34(73-17)50-10-43-18-26(37)41-9-42-27(18)50)74-77(59,60)68-7-16-22(55)23(56)33(72-16)51-11-44-19-28(51)45-35(38)47-30(19)57/h9-12,14-17,21-25,32-34,54-56H,4-8H2,1-3H3,(H12-,37,38,39,40,41,42,45,46,47,48,53,57,58,59,60,61,62,63,64,65,66)/t14-,15-,16-,17?,21-,22-,23-,24-,25-,32-,33-,34-/m1/s1.